The van der Waals surface area contributed by atoms with Crippen molar-refractivity contribution in [2.24, 2.45) is 17.6 Å². The molecule has 0 bridgehead atoms. The van der Waals surface area contributed by atoms with E-state index in [1.54, 1.807) is 0 Å². The molecule has 0 fully saturated rings. The topological polar surface area (TPSA) is 182 Å². The fourth-order valence-electron chi connectivity index (χ4n) is 5.47. The quantitative estimate of drug-likeness (QED) is 0.330. The third-order valence-corrected chi connectivity index (χ3v) is 6.90. The molecule has 0 saturated carbocycles. The molecule has 7 N–H and O–H groups in total. The number of likely N-dealkylation sites (N-methyl/N-ethyl adjacent to an activating group) is 1. The average Bonchev–Trinajstić information content (AvgIpc) is 2.72. The number of carbonyl (C=O) groups excluding carboxylic acids is 3. The molecular weight excluding hydrogens is 439 g/mol. The predicted molar refractivity (Wildman–Crippen MR) is 110 cm³/mol. The highest BCUT2D eigenvalue weighted by molar-refractivity contribution is 6.24. The smallest absolute Gasteiger partial charge is 0.255 e. The number of aliphatic hydroxyl groups excluding tert-OH is 3. The lowest BCUT2D eigenvalue weighted by Gasteiger charge is -2.50. The number of phenolic OH excluding ortho intramolecular Hbond substituents is 1. The van der Waals surface area contributed by atoms with Crippen LogP contribution in [0.25, 0.3) is 0 Å². The maximum Gasteiger partial charge on any atom is 0.255 e. The van der Waals surface area contributed by atoms with Crippen LogP contribution in [0.2, 0.25) is 0 Å². The maximum atomic E-state index is 14.9. The van der Waals surface area contributed by atoms with Gasteiger partial charge in [-0.15, -0.1) is 0 Å². The van der Waals surface area contributed by atoms with E-state index in [0.29, 0.717) is 0 Å². The second kappa shape index (κ2) is 7.37. The number of rotatable bonds is 3. The summed E-state index contributed by atoms with van der Waals surface area (Å²) in [6.45, 7) is -0.715. The number of aromatic hydroxyl groups is 1. The van der Waals surface area contributed by atoms with Gasteiger partial charge in [0.15, 0.2) is 11.4 Å². The number of Topliss-reactive ketones (excluding diaryl/α,β-unsaturated/α-hetero) is 2. The van der Waals surface area contributed by atoms with Crippen LogP contribution in [-0.4, -0.2) is 73.6 Å². The molecule has 11 heteroatoms. The number of carbonyl (C=O) groups is 3. The van der Waals surface area contributed by atoms with Crippen LogP contribution < -0.4 is 5.73 Å². The highest BCUT2D eigenvalue weighted by Gasteiger charge is 2.63. The number of ketones is 2. The van der Waals surface area contributed by atoms with Crippen molar-refractivity contribution in [3.05, 3.63) is 51.2 Å². The summed E-state index contributed by atoms with van der Waals surface area (Å²) in [5.74, 6) is -8.91. The Balaban J connectivity index is 1.98. The zero-order valence-electron chi connectivity index (χ0n) is 17.8. The van der Waals surface area contributed by atoms with E-state index in [1.165, 1.54) is 19.0 Å². The van der Waals surface area contributed by atoms with Gasteiger partial charge in [0, 0.05) is 22.6 Å². The number of benzene rings is 1. The molecule has 10 nitrogen and oxygen atoms in total. The van der Waals surface area contributed by atoms with Crippen molar-refractivity contribution in [1.29, 1.82) is 0 Å². The van der Waals surface area contributed by atoms with Gasteiger partial charge in [0.1, 0.15) is 28.7 Å². The molecule has 1 amide bonds. The number of allylic oxidation sites excluding steroid dienone is 1. The first-order valence-electron chi connectivity index (χ1n) is 10.2. The van der Waals surface area contributed by atoms with Crippen LogP contribution in [0.1, 0.15) is 27.9 Å². The lowest BCUT2D eigenvalue weighted by atomic mass is 9.58. The largest absolute Gasteiger partial charge is 0.510 e. The molecule has 1 aromatic carbocycles. The molecule has 176 valence electrons. The Bertz CT molecular complexity index is 1190. The predicted octanol–water partition coefficient (Wildman–Crippen LogP) is -0.248. The number of hydrogen-bond donors (Lipinski definition) is 6. The van der Waals surface area contributed by atoms with Crippen molar-refractivity contribution in [2.75, 3.05) is 14.1 Å². The van der Waals surface area contributed by atoms with Crippen LogP contribution in [0.3, 0.4) is 0 Å². The van der Waals surface area contributed by atoms with Crippen LogP contribution in [0, 0.1) is 17.7 Å². The summed E-state index contributed by atoms with van der Waals surface area (Å²) in [6, 6.07) is -0.234. The molecule has 4 atom stereocenters. The number of amides is 1. The normalized spacial score (nSPS) is 29.2. The van der Waals surface area contributed by atoms with Crippen molar-refractivity contribution in [2.45, 2.75) is 31.1 Å². The van der Waals surface area contributed by atoms with Crippen molar-refractivity contribution in [3.8, 4) is 5.75 Å². The first-order valence-corrected chi connectivity index (χ1v) is 10.2. The highest BCUT2D eigenvalue weighted by atomic mass is 19.1. The Kier molecular flexibility index (Phi) is 5.11. The highest BCUT2D eigenvalue weighted by Crippen LogP contribution is 2.52. The van der Waals surface area contributed by atoms with Crippen molar-refractivity contribution in [3.63, 3.8) is 0 Å². The monoisotopic (exact) mass is 462 g/mol. The molecule has 0 spiro atoms. The van der Waals surface area contributed by atoms with Crippen LogP contribution >= 0.6 is 0 Å². The van der Waals surface area contributed by atoms with Gasteiger partial charge in [-0.25, -0.2) is 4.39 Å². The number of phenols is 1. The summed E-state index contributed by atoms with van der Waals surface area (Å²) in [5.41, 5.74) is 0.429. The van der Waals surface area contributed by atoms with Crippen LogP contribution in [0.5, 0.6) is 5.75 Å². The summed E-state index contributed by atoms with van der Waals surface area (Å²) < 4.78 is 14.9. The fraction of sp³-hybridized carbons (Fsp3) is 0.409. The number of nitrogens with two attached hydrogens (primary N) is 1. The van der Waals surface area contributed by atoms with Gasteiger partial charge in [-0.2, -0.15) is 0 Å². The molecule has 3 aliphatic carbocycles. The molecule has 0 aromatic heterocycles. The van der Waals surface area contributed by atoms with Crippen molar-refractivity contribution < 1.29 is 44.3 Å². The zero-order chi connectivity index (χ0) is 24.6. The van der Waals surface area contributed by atoms with Crippen LogP contribution in [0.15, 0.2) is 28.7 Å². The second-order valence-corrected chi connectivity index (χ2v) is 8.84. The number of fused-ring (bicyclic) bond motifs is 3. The van der Waals surface area contributed by atoms with Gasteiger partial charge < -0.3 is 31.3 Å². The standard InChI is InChI=1S/C22H23FN2O8/c1-25(2)16-10-4-7-3-9-13(11(27)5-8(6-26)15(9)23)17(28)12(7)19(30)22(10,33)20(31)14(18(16)29)21(24)32/h5,7,10,16,26-27,29-30,33H,3-4,6H2,1-2H3,(H2,24,32)/t7-,10-,16-,22-/m0/s1. The van der Waals surface area contributed by atoms with E-state index in [-0.39, 0.29) is 29.5 Å². The lowest BCUT2D eigenvalue weighted by molar-refractivity contribution is -0.148. The zero-order valence-corrected chi connectivity index (χ0v) is 17.8. The van der Waals surface area contributed by atoms with Crippen molar-refractivity contribution >= 4 is 17.5 Å². The van der Waals surface area contributed by atoms with Gasteiger partial charge in [-0.3, -0.25) is 19.3 Å². The molecular formula is C22H23FN2O8. The molecule has 33 heavy (non-hydrogen) atoms. The molecule has 0 aliphatic heterocycles. The number of halogens is 1. The van der Waals surface area contributed by atoms with E-state index in [9.17, 15) is 44.3 Å². The van der Waals surface area contributed by atoms with E-state index in [0.717, 1.165) is 6.07 Å². The Morgan fingerprint density at radius 2 is 1.91 bits per heavy atom. The first-order chi connectivity index (χ1) is 15.4. The van der Waals surface area contributed by atoms with Gasteiger partial charge >= 0.3 is 0 Å². The fourth-order valence-corrected chi connectivity index (χ4v) is 5.47. The van der Waals surface area contributed by atoms with Gasteiger partial charge in [0.2, 0.25) is 5.78 Å². The van der Waals surface area contributed by atoms with E-state index in [2.05, 4.69) is 0 Å². The molecule has 0 radical (unpaired) electrons. The minimum Gasteiger partial charge on any atom is -0.510 e. The van der Waals surface area contributed by atoms with E-state index in [1.807, 2.05) is 0 Å². The molecule has 0 unspecified atom stereocenters. The Labute approximate surface area is 187 Å². The van der Waals surface area contributed by atoms with E-state index < -0.39 is 81.8 Å². The second-order valence-electron chi connectivity index (χ2n) is 8.84. The van der Waals surface area contributed by atoms with Gasteiger partial charge in [0.05, 0.1) is 18.2 Å². The Hall–Kier alpha value is -3.28. The summed E-state index contributed by atoms with van der Waals surface area (Å²) in [5, 5.41) is 52.8. The first kappa shape index (κ1) is 22.9. The number of nitrogens with zero attached hydrogens (tertiary/aromatic N) is 1. The van der Waals surface area contributed by atoms with Crippen LogP contribution in [0.4, 0.5) is 4.39 Å². The number of aliphatic hydroxyl groups is 4. The van der Waals surface area contributed by atoms with Crippen LogP contribution in [-0.2, 0) is 22.6 Å². The lowest BCUT2D eigenvalue weighted by Crippen LogP contribution is -2.63. The van der Waals surface area contributed by atoms with Crippen molar-refractivity contribution in [1.82, 2.24) is 4.90 Å². The van der Waals surface area contributed by atoms with E-state index in [4.69, 9.17) is 5.73 Å². The molecule has 4 rings (SSSR count). The van der Waals surface area contributed by atoms with Gasteiger partial charge in [0.25, 0.3) is 5.91 Å². The summed E-state index contributed by atoms with van der Waals surface area (Å²) in [6.07, 6.45) is -0.322. The number of hydrogen-bond acceptors (Lipinski definition) is 9. The third-order valence-electron chi connectivity index (χ3n) is 6.90. The molecule has 1 aromatic rings. The third kappa shape index (κ3) is 2.86. The molecule has 0 heterocycles. The van der Waals surface area contributed by atoms with E-state index >= 15 is 0 Å². The Morgan fingerprint density at radius 3 is 2.45 bits per heavy atom. The minimum atomic E-state index is -2.75. The maximum absolute atomic E-state index is 14.9. The van der Waals surface area contributed by atoms with Gasteiger partial charge in [-0.05, 0) is 38.9 Å². The molecule has 0 saturated heterocycles. The SMILES string of the molecule is CN(C)[C@@H]1C(O)=C(C(N)=O)C(=O)[C@@]2(O)C(O)=C3C(=O)c4c(O)cc(CO)c(F)c4C[C@H]3C[C@@H]12. The Morgan fingerprint density at radius 1 is 1.27 bits per heavy atom. The minimum absolute atomic E-state index is 0.144. The van der Waals surface area contributed by atoms with Gasteiger partial charge in [-0.1, -0.05) is 0 Å². The molecule has 3 aliphatic rings. The summed E-state index contributed by atoms with van der Waals surface area (Å²) >= 11 is 0. The average molecular weight is 462 g/mol. The summed E-state index contributed by atoms with van der Waals surface area (Å²) in [7, 11) is 3.02. The summed E-state index contributed by atoms with van der Waals surface area (Å²) in [4.78, 5) is 39.7. The number of primary amides is 1.